The van der Waals surface area contributed by atoms with Crippen molar-refractivity contribution in [3.05, 3.63) is 115 Å². The van der Waals surface area contributed by atoms with Gasteiger partial charge in [-0.1, -0.05) is 71.6 Å². The van der Waals surface area contributed by atoms with Crippen LogP contribution in [0.3, 0.4) is 0 Å². The lowest BCUT2D eigenvalue weighted by molar-refractivity contribution is 0.463. The lowest BCUT2D eigenvalue weighted by atomic mass is 9.40. The Morgan fingerprint density at radius 2 is 1.48 bits per heavy atom. The molecule has 0 amide bonds. The van der Waals surface area contributed by atoms with E-state index in [4.69, 9.17) is 9.72 Å². The highest BCUT2D eigenvalue weighted by Crippen LogP contribution is 2.30. The van der Waals surface area contributed by atoms with Crippen LogP contribution in [0.1, 0.15) is 5.56 Å². The van der Waals surface area contributed by atoms with E-state index in [-0.39, 0.29) is 6.71 Å². The maximum absolute atomic E-state index is 5.97. The molecular formula is C29H21BN2O. The van der Waals surface area contributed by atoms with Crippen LogP contribution in [-0.2, 0) is 0 Å². The topological polar surface area (TPSA) is 35.0 Å². The molecule has 1 aliphatic rings. The van der Waals surface area contributed by atoms with Crippen LogP contribution in [0.15, 0.2) is 109 Å². The predicted octanol–water partition coefficient (Wildman–Crippen LogP) is 4.74. The largest absolute Gasteiger partial charge is 0.439 e. The fraction of sp³-hybridized carbons (Fsp3) is 0.0345. The van der Waals surface area contributed by atoms with Gasteiger partial charge in [-0.2, -0.15) is 0 Å². The third-order valence-electron chi connectivity index (χ3n) is 6.18. The summed E-state index contributed by atoms with van der Waals surface area (Å²) in [5.41, 5.74) is 9.76. The Morgan fingerprint density at radius 1 is 0.636 bits per heavy atom. The highest BCUT2D eigenvalue weighted by Gasteiger charge is 2.34. The first kappa shape index (κ1) is 19.5. The maximum Gasteiger partial charge on any atom is 0.266 e. The van der Waals surface area contributed by atoms with Crippen LogP contribution in [0.4, 0.5) is 0 Å². The van der Waals surface area contributed by atoms with Gasteiger partial charge in [0.1, 0.15) is 5.75 Å². The van der Waals surface area contributed by atoms with Gasteiger partial charge in [0.25, 0.3) is 6.71 Å². The van der Waals surface area contributed by atoms with E-state index in [2.05, 4.69) is 78.6 Å². The van der Waals surface area contributed by atoms with Crippen LogP contribution in [0.5, 0.6) is 11.6 Å². The highest BCUT2D eigenvalue weighted by molar-refractivity contribution is 6.98. The molecule has 156 valence electrons. The van der Waals surface area contributed by atoms with E-state index in [1.807, 2.05) is 36.5 Å². The van der Waals surface area contributed by atoms with E-state index < -0.39 is 0 Å². The lowest BCUT2D eigenvalue weighted by Crippen LogP contribution is -2.50. The van der Waals surface area contributed by atoms with Crippen molar-refractivity contribution in [3.8, 4) is 33.9 Å². The second-order valence-corrected chi connectivity index (χ2v) is 8.38. The molecule has 3 nitrogen and oxygen atoms in total. The molecule has 0 unspecified atom stereocenters. The van der Waals surface area contributed by atoms with Crippen molar-refractivity contribution in [2.45, 2.75) is 6.92 Å². The van der Waals surface area contributed by atoms with Crippen molar-refractivity contribution < 1.29 is 4.74 Å². The summed E-state index contributed by atoms with van der Waals surface area (Å²) >= 11 is 0. The smallest absolute Gasteiger partial charge is 0.266 e. The number of hydrogen-bond acceptors (Lipinski definition) is 3. The summed E-state index contributed by atoms with van der Waals surface area (Å²) in [6.07, 6.45) is 3.64. The summed E-state index contributed by atoms with van der Waals surface area (Å²) in [4.78, 5) is 9.02. The minimum Gasteiger partial charge on any atom is -0.439 e. The first-order chi connectivity index (χ1) is 16.3. The van der Waals surface area contributed by atoms with Crippen LogP contribution in [0.25, 0.3) is 22.3 Å². The minimum atomic E-state index is 0.129. The molecule has 0 bridgehead atoms. The van der Waals surface area contributed by atoms with Gasteiger partial charge in [-0.15, -0.1) is 0 Å². The Morgan fingerprint density at radius 3 is 2.36 bits per heavy atom. The number of ether oxygens (including phenoxy) is 1. The lowest BCUT2D eigenvalue weighted by Gasteiger charge is -2.12. The molecule has 33 heavy (non-hydrogen) atoms. The number of hydrogen-bond donors (Lipinski definition) is 0. The average Bonchev–Trinajstić information content (AvgIpc) is 3.18. The van der Waals surface area contributed by atoms with Gasteiger partial charge in [0, 0.05) is 24.1 Å². The van der Waals surface area contributed by atoms with Crippen LogP contribution >= 0.6 is 0 Å². The summed E-state index contributed by atoms with van der Waals surface area (Å²) in [5.74, 6) is 1.36. The Bertz CT molecular complexity index is 1470. The van der Waals surface area contributed by atoms with Crippen molar-refractivity contribution in [2.24, 2.45) is 0 Å². The van der Waals surface area contributed by atoms with Gasteiger partial charge in [-0.3, -0.25) is 4.98 Å². The molecule has 5 aromatic rings. The molecule has 0 fully saturated rings. The number of benzene rings is 3. The van der Waals surface area contributed by atoms with Gasteiger partial charge in [-0.05, 0) is 65.1 Å². The second kappa shape index (κ2) is 8.07. The van der Waals surface area contributed by atoms with Crippen molar-refractivity contribution >= 4 is 23.2 Å². The molecule has 2 aromatic heterocycles. The fourth-order valence-electron chi connectivity index (χ4n) is 4.69. The van der Waals surface area contributed by atoms with E-state index in [9.17, 15) is 0 Å². The Balaban J connectivity index is 1.43. The van der Waals surface area contributed by atoms with Gasteiger partial charge < -0.3 is 4.74 Å². The summed E-state index contributed by atoms with van der Waals surface area (Å²) < 4.78 is 5.97. The minimum absolute atomic E-state index is 0.129. The van der Waals surface area contributed by atoms with E-state index in [0.717, 1.165) is 22.5 Å². The second-order valence-electron chi connectivity index (χ2n) is 8.38. The number of aryl methyl sites for hydroxylation is 1. The van der Waals surface area contributed by atoms with E-state index in [1.54, 1.807) is 6.20 Å². The molecule has 1 aliphatic heterocycles. The quantitative estimate of drug-likeness (QED) is 0.384. The molecule has 0 saturated carbocycles. The molecule has 0 aliphatic carbocycles. The standard InChI is InChI=1S/C29H21BN2O/c1-20-14-16-31-28(17-20)30-26-10-3-2-9-24(26)25-13-12-22(19-27(25)30)21-7-6-8-23(18-21)33-29-11-4-5-15-32-29/h2-19H,1H3. The zero-order valence-corrected chi connectivity index (χ0v) is 18.3. The summed E-state index contributed by atoms with van der Waals surface area (Å²) in [6.45, 7) is 2.25. The first-order valence-corrected chi connectivity index (χ1v) is 11.1. The average molecular weight is 424 g/mol. The fourth-order valence-corrected chi connectivity index (χ4v) is 4.69. The molecule has 0 spiro atoms. The molecule has 4 heteroatoms. The molecule has 3 aromatic carbocycles. The van der Waals surface area contributed by atoms with Crippen molar-refractivity contribution in [1.29, 1.82) is 0 Å². The first-order valence-electron chi connectivity index (χ1n) is 11.1. The van der Waals surface area contributed by atoms with Gasteiger partial charge in [0.15, 0.2) is 0 Å². The van der Waals surface area contributed by atoms with Gasteiger partial charge in [0.2, 0.25) is 5.88 Å². The SMILES string of the molecule is Cc1ccnc(B2c3ccccc3-c3ccc(-c4cccc(Oc5ccccn5)c4)cc32)c1. The molecule has 0 atom stereocenters. The monoisotopic (exact) mass is 424 g/mol. The number of fused-ring (bicyclic) bond motifs is 3. The Labute approximate surface area is 193 Å². The van der Waals surface area contributed by atoms with Crippen LogP contribution in [0.2, 0.25) is 0 Å². The van der Waals surface area contributed by atoms with Crippen molar-refractivity contribution in [3.63, 3.8) is 0 Å². The van der Waals surface area contributed by atoms with Gasteiger partial charge in [0.05, 0.1) is 0 Å². The van der Waals surface area contributed by atoms with Crippen LogP contribution in [-0.4, -0.2) is 16.7 Å². The van der Waals surface area contributed by atoms with Crippen LogP contribution in [0, 0.1) is 6.92 Å². The summed E-state index contributed by atoms with van der Waals surface area (Å²) in [6, 6.07) is 33.5. The molecule has 0 saturated heterocycles. The summed E-state index contributed by atoms with van der Waals surface area (Å²) in [7, 11) is 0. The number of nitrogens with zero attached hydrogens (tertiary/aromatic N) is 2. The summed E-state index contributed by atoms with van der Waals surface area (Å²) in [5, 5.41) is 0. The van der Waals surface area contributed by atoms with Crippen molar-refractivity contribution in [1.82, 2.24) is 9.97 Å². The molecule has 0 N–H and O–H groups in total. The van der Waals surface area contributed by atoms with E-state index in [1.165, 1.54) is 27.6 Å². The number of rotatable bonds is 4. The molecular weight excluding hydrogens is 403 g/mol. The maximum atomic E-state index is 5.97. The third-order valence-corrected chi connectivity index (χ3v) is 6.18. The van der Waals surface area contributed by atoms with Gasteiger partial charge in [-0.25, -0.2) is 4.98 Å². The van der Waals surface area contributed by atoms with Crippen molar-refractivity contribution in [2.75, 3.05) is 0 Å². The number of pyridine rings is 2. The Hall–Kier alpha value is -4.18. The third kappa shape index (κ3) is 3.60. The Kier molecular flexibility index (Phi) is 4.77. The highest BCUT2D eigenvalue weighted by atomic mass is 16.5. The van der Waals surface area contributed by atoms with E-state index >= 15 is 0 Å². The zero-order chi connectivity index (χ0) is 22.2. The zero-order valence-electron chi connectivity index (χ0n) is 18.3. The van der Waals surface area contributed by atoms with Crippen LogP contribution < -0.4 is 21.3 Å². The van der Waals surface area contributed by atoms with Gasteiger partial charge >= 0.3 is 0 Å². The molecule has 3 heterocycles. The number of aromatic nitrogens is 2. The molecule has 0 radical (unpaired) electrons. The predicted molar refractivity (Wildman–Crippen MR) is 135 cm³/mol. The normalized spacial score (nSPS) is 11.7. The molecule has 6 rings (SSSR count). The van der Waals surface area contributed by atoms with E-state index in [0.29, 0.717) is 5.88 Å².